The number of hydrogen-bond donors (Lipinski definition) is 3. The SMILES string of the molecule is CCN/C(=N\C)Nc1nc2cc(-c3ccccc3)ccc2[nH]1. The van der Waals surface area contributed by atoms with Crippen LogP contribution in [0.2, 0.25) is 0 Å². The number of anilines is 1. The average Bonchev–Trinajstić information content (AvgIpc) is 2.96. The smallest absolute Gasteiger partial charge is 0.208 e. The molecule has 0 bridgehead atoms. The Hall–Kier alpha value is -2.82. The fraction of sp³-hybridized carbons (Fsp3) is 0.176. The Labute approximate surface area is 129 Å². The molecule has 3 aromatic rings. The van der Waals surface area contributed by atoms with Crippen LogP contribution in [0.25, 0.3) is 22.2 Å². The molecule has 22 heavy (non-hydrogen) atoms. The molecule has 0 spiro atoms. The first-order valence-corrected chi connectivity index (χ1v) is 7.33. The molecule has 1 aromatic heterocycles. The van der Waals surface area contributed by atoms with Crippen molar-refractivity contribution in [1.29, 1.82) is 0 Å². The minimum atomic E-state index is 0.682. The van der Waals surface area contributed by atoms with Gasteiger partial charge in [-0.3, -0.25) is 10.3 Å². The normalized spacial score (nSPS) is 11.6. The zero-order valence-electron chi connectivity index (χ0n) is 12.7. The summed E-state index contributed by atoms with van der Waals surface area (Å²) in [6, 6.07) is 16.5. The van der Waals surface area contributed by atoms with E-state index in [4.69, 9.17) is 0 Å². The molecule has 112 valence electrons. The molecule has 0 saturated carbocycles. The van der Waals surface area contributed by atoms with Gasteiger partial charge in [0.05, 0.1) is 11.0 Å². The summed E-state index contributed by atoms with van der Waals surface area (Å²) in [6.45, 7) is 2.83. The van der Waals surface area contributed by atoms with E-state index in [0.29, 0.717) is 11.9 Å². The second kappa shape index (κ2) is 6.30. The summed E-state index contributed by atoms with van der Waals surface area (Å²) in [7, 11) is 1.74. The van der Waals surface area contributed by atoms with Crippen molar-refractivity contribution in [3.8, 4) is 11.1 Å². The van der Waals surface area contributed by atoms with E-state index in [2.05, 4.69) is 49.9 Å². The van der Waals surface area contributed by atoms with Crippen molar-refractivity contribution in [2.45, 2.75) is 6.92 Å². The lowest BCUT2D eigenvalue weighted by Gasteiger charge is -2.06. The van der Waals surface area contributed by atoms with Gasteiger partial charge < -0.3 is 10.3 Å². The van der Waals surface area contributed by atoms with Crippen LogP contribution in [0.5, 0.6) is 0 Å². The fourth-order valence-electron chi connectivity index (χ4n) is 2.33. The molecule has 3 N–H and O–H groups in total. The fourth-order valence-corrected chi connectivity index (χ4v) is 2.33. The summed E-state index contributed by atoms with van der Waals surface area (Å²) >= 11 is 0. The maximum atomic E-state index is 4.58. The lowest BCUT2D eigenvalue weighted by molar-refractivity contribution is 0.955. The molecular formula is C17H19N5. The van der Waals surface area contributed by atoms with Crippen LogP contribution in [-0.4, -0.2) is 29.5 Å². The highest BCUT2D eigenvalue weighted by atomic mass is 15.2. The molecule has 0 unspecified atom stereocenters. The van der Waals surface area contributed by atoms with Gasteiger partial charge in [0.1, 0.15) is 0 Å². The minimum absolute atomic E-state index is 0.682. The number of nitrogens with one attached hydrogen (secondary N) is 3. The molecule has 0 aliphatic carbocycles. The lowest BCUT2D eigenvalue weighted by Crippen LogP contribution is -2.30. The molecule has 0 amide bonds. The monoisotopic (exact) mass is 293 g/mol. The molecular weight excluding hydrogens is 274 g/mol. The maximum Gasteiger partial charge on any atom is 0.208 e. The molecule has 2 aromatic carbocycles. The van der Waals surface area contributed by atoms with E-state index in [1.54, 1.807) is 7.05 Å². The predicted molar refractivity (Wildman–Crippen MR) is 92.2 cm³/mol. The van der Waals surface area contributed by atoms with E-state index in [9.17, 15) is 0 Å². The van der Waals surface area contributed by atoms with E-state index in [0.717, 1.165) is 23.1 Å². The number of nitrogens with zero attached hydrogens (tertiary/aromatic N) is 2. The Kier molecular flexibility index (Phi) is 4.05. The number of aromatic amines is 1. The zero-order valence-corrected chi connectivity index (χ0v) is 12.7. The van der Waals surface area contributed by atoms with Crippen LogP contribution in [0.1, 0.15) is 6.92 Å². The third kappa shape index (κ3) is 2.93. The summed E-state index contributed by atoms with van der Waals surface area (Å²) in [5.41, 5.74) is 4.26. The number of H-pyrrole nitrogens is 1. The molecule has 0 aliphatic heterocycles. The number of aliphatic imine (C=N–C) groups is 1. The Bertz CT molecular complexity index is 789. The summed E-state index contributed by atoms with van der Waals surface area (Å²) in [5, 5.41) is 6.29. The number of aromatic nitrogens is 2. The molecule has 5 heteroatoms. The van der Waals surface area contributed by atoms with E-state index in [-0.39, 0.29) is 0 Å². The van der Waals surface area contributed by atoms with E-state index < -0.39 is 0 Å². The molecule has 1 heterocycles. The Morgan fingerprint density at radius 1 is 1.14 bits per heavy atom. The zero-order chi connectivity index (χ0) is 15.4. The molecule has 0 atom stereocenters. The number of benzene rings is 2. The predicted octanol–water partition coefficient (Wildman–Crippen LogP) is 3.24. The third-order valence-electron chi connectivity index (χ3n) is 3.39. The van der Waals surface area contributed by atoms with Crippen molar-refractivity contribution in [1.82, 2.24) is 15.3 Å². The molecule has 0 saturated heterocycles. The van der Waals surface area contributed by atoms with Crippen molar-refractivity contribution in [3.05, 3.63) is 48.5 Å². The molecule has 0 radical (unpaired) electrons. The number of hydrogen-bond acceptors (Lipinski definition) is 2. The van der Waals surface area contributed by atoms with Gasteiger partial charge in [-0.05, 0) is 30.2 Å². The minimum Gasteiger partial charge on any atom is -0.356 e. The van der Waals surface area contributed by atoms with Crippen LogP contribution in [-0.2, 0) is 0 Å². The third-order valence-corrected chi connectivity index (χ3v) is 3.39. The number of guanidine groups is 1. The molecule has 5 nitrogen and oxygen atoms in total. The van der Waals surface area contributed by atoms with Crippen LogP contribution >= 0.6 is 0 Å². The van der Waals surface area contributed by atoms with Gasteiger partial charge in [0.2, 0.25) is 5.95 Å². The van der Waals surface area contributed by atoms with Crippen LogP contribution in [0.15, 0.2) is 53.5 Å². The van der Waals surface area contributed by atoms with Gasteiger partial charge in [-0.25, -0.2) is 4.98 Å². The summed E-state index contributed by atoms with van der Waals surface area (Å²) in [6.07, 6.45) is 0. The van der Waals surface area contributed by atoms with E-state index in [1.807, 2.05) is 31.2 Å². The number of imidazole rings is 1. The first-order valence-electron chi connectivity index (χ1n) is 7.33. The van der Waals surface area contributed by atoms with Crippen molar-refractivity contribution < 1.29 is 0 Å². The second-order valence-electron chi connectivity index (χ2n) is 4.91. The Balaban J connectivity index is 1.90. The van der Waals surface area contributed by atoms with Gasteiger partial charge in [0.25, 0.3) is 0 Å². The Morgan fingerprint density at radius 2 is 1.95 bits per heavy atom. The van der Waals surface area contributed by atoms with Crippen LogP contribution in [0, 0.1) is 0 Å². The van der Waals surface area contributed by atoms with Gasteiger partial charge in [-0.1, -0.05) is 36.4 Å². The standard InChI is InChI=1S/C17H19N5/c1-3-19-16(18-2)22-17-20-14-10-9-13(11-15(14)21-17)12-7-5-4-6-8-12/h4-11H,3H2,1-2H3,(H3,18,19,20,21,22). The highest BCUT2D eigenvalue weighted by Crippen LogP contribution is 2.23. The lowest BCUT2D eigenvalue weighted by atomic mass is 10.1. The topological polar surface area (TPSA) is 65.1 Å². The maximum absolute atomic E-state index is 4.58. The number of rotatable bonds is 3. The molecule has 0 fully saturated rings. The first-order chi connectivity index (χ1) is 10.8. The number of fused-ring (bicyclic) bond motifs is 1. The first kappa shape index (κ1) is 14.1. The molecule has 0 aliphatic rings. The Morgan fingerprint density at radius 3 is 2.68 bits per heavy atom. The van der Waals surface area contributed by atoms with Gasteiger partial charge in [-0.2, -0.15) is 0 Å². The average molecular weight is 293 g/mol. The van der Waals surface area contributed by atoms with Crippen molar-refractivity contribution >= 4 is 22.9 Å². The highest BCUT2D eigenvalue weighted by molar-refractivity contribution is 5.94. The van der Waals surface area contributed by atoms with Crippen molar-refractivity contribution in [3.63, 3.8) is 0 Å². The van der Waals surface area contributed by atoms with Crippen molar-refractivity contribution in [2.24, 2.45) is 4.99 Å². The van der Waals surface area contributed by atoms with Crippen molar-refractivity contribution in [2.75, 3.05) is 18.9 Å². The van der Waals surface area contributed by atoms with Gasteiger partial charge in [0.15, 0.2) is 5.96 Å². The summed E-state index contributed by atoms with van der Waals surface area (Å²) in [4.78, 5) is 12.0. The van der Waals surface area contributed by atoms with Gasteiger partial charge in [-0.15, -0.1) is 0 Å². The van der Waals surface area contributed by atoms with E-state index >= 15 is 0 Å². The summed E-state index contributed by atoms with van der Waals surface area (Å²) in [5.74, 6) is 1.38. The quantitative estimate of drug-likeness (QED) is 0.513. The van der Waals surface area contributed by atoms with E-state index in [1.165, 1.54) is 5.56 Å². The van der Waals surface area contributed by atoms with Crippen LogP contribution < -0.4 is 10.6 Å². The highest BCUT2D eigenvalue weighted by Gasteiger charge is 2.06. The molecule has 3 rings (SSSR count). The second-order valence-corrected chi connectivity index (χ2v) is 4.91. The van der Waals surface area contributed by atoms with Crippen LogP contribution in [0.3, 0.4) is 0 Å². The van der Waals surface area contributed by atoms with Gasteiger partial charge in [0, 0.05) is 13.6 Å². The summed E-state index contributed by atoms with van der Waals surface area (Å²) < 4.78 is 0. The van der Waals surface area contributed by atoms with Gasteiger partial charge >= 0.3 is 0 Å². The largest absolute Gasteiger partial charge is 0.356 e. The van der Waals surface area contributed by atoms with Crippen LogP contribution in [0.4, 0.5) is 5.95 Å².